The Bertz CT molecular complexity index is 1030. The number of ether oxygens (including phenoxy) is 3. The summed E-state index contributed by atoms with van der Waals surface area (Å²) in [5.41, 5.74) is 0.473. The molecule has 32 heavy (non-hydrogen) atoms. The van der Waals surface area contributed by atoms with Gasteiger partial charge in [-0.25, -0.2) is 14.0 Å². The number of carboxylic acids is 1. The highest BCUT2D eigenvalue weighted by atomic mass is 19.1. The van der Waals surface area contributed by atoms with Gasteiger partial charge in [0.15, 0.2) is 6.10 Å². The summed E-state index contributed by atoms with van der Waals surface area (Å²) in [4.78, 5) is 49.1. The largest absolute Gasteiger partial charge is 0.478 e. The topological polar surface area (TPSA) is 119 Å². The number of rotatable bonds is 7. The summed E-state index contributed by atoms with van der Waals surface area (Å²) in [6.45, 7) is 0.900. The van der Waals surface area contributed by atoms with Gasteiger partial charge in [0.2, 0.25) is 6.10 Å². The Morgan fingerprint density at radius 2 is 1.94 bits per heavy atom. The lowest BCUT2D eigenvalue weighted by Gasteiger charge is -2.34. The summed E-state index contributed by atoms with van der Waals surface area (Å²) in [5.74, 6) is -5.01. The fourth-order valence-electron chi connectivity index (χ4n) is 3.14. The molecule has 3 rings (SSSR count). The molecule has 1 aliphatic rings. The van der Waals surface area contributed by atoms with E-state index >= 15 is 0 Å². The van der Waals surface area contributed by atoms with Crippen molar-refractivity contribution in [2.24, 2.45) is 0 Å². The Kier molecular flexibility index (Phi) is 7.16. The zero-order valence-electron chi connectivity index (χ0n) is 17.0. The number of esters is 2. The molecule has 2 unspecified atom stereocenters. The van der Waals surface area contributed by atoms with E-state index in [1.165, 1.54) is 6.07 Å². The number of amides is 1. The molecule has 1 fully saturated rings. The van der Waals surface area contributed by atoms with E-state index in [1.807, 2.05) is 0 Å². The van der Waals surface area contributed by atoms with Crippen LogP contribution in [0.4, 0.5) is 10.1 Å². The second kappa shape index (κ2) is 10.0. The lowest BCUT2D eigenvalue weighted by atomic mass is 10.1. The molecular formula is C22H20FNO8. The van der Waals surface area contributed by atoms with Crippen LogP contribution in [0.3, 0.4) is 0 Å². The zero-order valence-corrected chi connectivity index (χ0v) is 17.0. The molecule has 1 amide bonds. The highest BCUT2D eigenvalue weighted by molar-refractivity contribution is 6.01. The monoisotopic (exact) mass is 445 g/mol. The maximum Gasteiger partial charge on any atom is 0.348 e. The fraction of sp³-hybridized carbons (Fsp3) is 0.273. The summed E-state index contributed by atoms with van der Waals surface area (Å²) in [7, 11) is 0. The Balaban J connectivity index is 1.80. The average molecular weight is 445 g/mol. The summed E-state index contributed by atoms with van der Waals surface area (Å²) in [6.07, 6.45) is -3.44. The molecule has 10 heteroatoms. The number of hydrogen-bond donors (Lipinski definition) is 1. The number of morpholine rings is 1. The van der Waals surface area contributed by atoms with E-state index in [9.17, 15) is 28.7 Å². The number of carbonyl (C=O) groups excluding carboxylic acids is 3. The van der Waals surface area contributed by atoms with Crippen molar-refractivity contribution in [2.75, 3.05) is 18.1 Å². The smallest absolute Gasteiger partial charge is 0.348 e. The molecule has 1 N–H and O–H groups in total. The molecule has 0 bridgehead atoms. The van der Waals surface area contributed by atoms with Crippen molar-refractivity contribution in [1.82, 2.24) is 0 Å². The zero-order chi connectivity index (χ0) is 23.3. The van der Waals surface area contributed by atoms with E-state index in [4.69, 9.17) is 14.2 Å². The quantitative estimate of drug-likeness (QED) is 0.642. The molecule has 1 aliphatic heterocycles. The first-order chi connectivity index (χ1) is 15.3. The van der Waals surface area contributed by atoms with Crippen molar-refractivity contribution >= 4 is 29.5 Å². The summed E-state index contributed by atoms with van der Waals surface area (Å²) in [5, 5.41) is 9.32. The van der Waals surface area contributed by atoms with Crippen LogP contribution in [0.5, 0.6) is 0 Å². The van der Waals surface area contributed by atoms with Crippen LogP contribution >= 0.6 is 0 Å². The number of carboxylic acid groups (broad SMARTS) is 1. The van der Waals surface area contributed by atoms with E-state index < -0.39 is 41.8 Å². The van der Waals surface area contributed by atoms with Crippen LogP contribution in [0, 0.1) is 5.82 Å². The molecule has 1 saturated heterocycles. The van der Waals surface area contributed by atoms with Crippen molar-refractivity contribution in [2.45, 2.75) is 25.7 Å². The molecule has 0 radical (unpaired) electrons. The molecule has 2 aromatic rings. The number of carbonyl (C=O) groups is 4. The Morgan fingerprint density at radius 1 is 1.22 bits per heavy atom. The Labute approximate surface area is 182 Å². The van der Waals surface area contributed by atoms with Crippen molar-refractivity contribution in [1.29, 1.82) is 0 Å². The average Bonchev–Trinajstić information content (AvgIpc) is 2.77. The van der Waals surface area contributed by atoms with Gasteiger partial charge >= 0.3 is 17.9 Å². The Morgan fingerprint density at radius 3 is 2.59 bits per heavy atom. The van der Waals surface area contributed by atoms with Gasteiger partial charge < -0.3 is 24.2 Å². The normalized spacial score (nSPS) is 16.9. The van der Waals surface area contributed by atoms with Gasteiger partial charge in [-0.2, -0.15) is 0 Å². The molecule has 2 aromatic carbocycles. The maximum atomic E-state index is 14.3. The lowest BCUT2D eigenvalue weighted by Crippen LogP contribution is -2.55. The predicted molar refractivity (Wildman–Crippen MR) is 107 cm³/mol. The van der Waals surface area contributed by atoms with Crippen molar-refractivity contribution in [3.8, 4) is 0 Å². The fourth-order valence-corrected chi connectivity index (χ4v) is 3.14. The van der Waals surface area contributed by atoms with Crippen LogP contribution in [0.25, 0.3) is 0 Å². The molecule has 0 saturated carbocycles. The second-order valence-electron chi connectivity index (χ2n) is 6.88. The number of hydrogen-bond acceptors (Lipinski definition) is 7. The van der Waals surface area contributed by atoms with Gasteiger partial charge in [0.25, 0.3) is 5.91 Å². The second-order valence-corrected chi connectivity index (χ2v) is 6.88. The molecule has 0 aliphatic carbocycles. The van der Waals surface area contributed by atoms with Gasteiger partial charge in [0, 0.05) is 19.2 Å². The van der Waals surface area contributed by atoms with E-state index in [0.29, 0.717) is 5.56 Å². The molecule has 9 nitrogen and oxygen atoms in total. The van der Waals surface area contributed by atoms with Crippen LogP contribution in [0.2, 0.25) is 0 Å². The minimum absolute atomic E-state index is 0.0197. The van der Waals surface area contributed by atoms with E-state index in [2.05, 4.69) is 0 Å². The third-order valence-electron chi connectivity index (χ3n) is 4.63. The van der Waals surface area contributed by atoms with E-state index in [1.54, 1.807) is 30.3 Å². The Hall–Kier alpha value is -3.79. The number of aliphatic carboxylic acids is 1. The SMILES string of the molecule is CC(=O)OC(C(=O)O)C1OCCN(c2ccc(F)c(C(=O)OCc3ccccc3)c2)C1=O. The minimum Gasteiger partial charge on any atom is -0.478 e. The molecular weight excluding hydrogens is 425 g/mol. The third-order valence-corrected chi connectivity index (χ3v) is 4.63. The predicted octanol–water partition coefficient (Wildman–Crippen LogP) is 1.93. The van der Waals surface area contributed by atoms with Gasteiger partial charge in [-0.1, -0.05) is 30.3 Å². The van der Waals surface area contributed by atoms with Crippen LogP contribution in [0.1, 0.15) is 22.8 Å². The van der Waals surface area contributed by atoms with Gasteiger partial charge in [-0.3, -0.25) is 9.59 Å². The maximum absolute atomic E-state index is 14.3. The summed E-state index contributed by atoms with van der Waals surface area (Å²) >= 11 is 0. The highest BCUT2D eigenvalue weighted by Gasteiger charge is 2.42. The van der Waals surface area contributed by atoms with Crippen LogP contribution < -0.4 is 4.90 Å². The number of halogens is 1. The summed E-state index contributed by atoms with van der Waals surface area (Å²) < 4.78 is 29.4. The van der Waals surface area contributed by atoms with Crippen LogP contribution in [0.15, 0.2) is 48.5 Å². The molecule has 1 heterocycles. The minimum atomic E-state index is -1.85. The number of anilines is 1. The number of benzene rings is 2. The van der Waals surface area contributed by atoms with Crippen LogP contribution in [-0.4, -0.2) is 54.3 Å². The first-order valence-corrected chi connectivity index (χ1v) is 9.61. The van der Waals surface area contributed by atoms with Crippen molar-refractivity contribution in [3.05, 3.63) is 65.5 Å². The summed E-state index contributed by atoms with van der Waals surface area (Å²) in [6, 6.07) is 12.2. The van der Waals surface area contributed by atoms with Gasteiger partial charge in [-0.05, 0) is 23.8 Å². The van der Waals surface area contributed by atoms with Crippen molar-refractivity contribution < 1.29 is 42.9 Å². The van der Waals surface area contributed by atoms with Gasteiger partial charge in [0.05, 0.1) is 12.2 Å². The van der Waals surface area contributed by atoms with E-state index in [0.717, 1.165) is 24.0 Å². The van der Waals surface area contributed by atoms with Crippen molar-refractivity contribution in [3.63, 3.8) is 0 Å². The van der Waals surface area contributed by atoms with Gasteiger partial charge in [-0.15, -0.1) is 0 Å². The van der Waals surface area contributed by atoms with E-state index in [-0.39, 0.29) is 31.0 Å². The van der Waals surface area contributed by atoms with Crippen LogP contribution in [-0.2, 0) is 35.2 Å². The first-order valence-electron chi connectivity index (χ1n) is 9.61. The molecule has 0 aromatic heterocycles. The van der Waals surface area contributed by atoms with Gasteiger partial charge in [0.1, 0.15) is 12.4 Å². The molecule has 168 valence electrons. The first kappa shape index (κ1) is 22.9. The molecule has 0 spiro atoms. The standard InChI is InChI=1S/C22H20FNO8/c1-13(25)32-19(21(27)28)18-20(26)24(9-10-30-18)15-7-8-17(23)16(11-15)22(29)31-12-14-5-3-2-4-6-14/h2-8,11,18-19H,9-10,12H2,1H3,(H,27,28). The molecule has 2 atom stereocenters. The highest BCUT2D eigenvalue weighted by Crippen LogP contribution is 2.24. The number of nitrogens with zero attached hydrogens (tertiary/aromatic N) is 1. The third kappa shape index (κ3) is 5.27. The lowest BCUT2D eigenvalue weighted by molar-refractivity contribution is -0.177.